The molecule has 17 heavy (non-hydrogen) atoms. The highest BCUT2D eigenvalue weighted by molar-refractivity contribution is 5.85. The first-order valence-electron chi connectivity index (χ1n) is 6.36. The van der Waals surface area contributed by atoms with Gasteiger partial charge >= 0.3 is 0 Å². The number of halogens is 1. The molecule has 0 aliphatic heterocycles. The van der Waals surface area contributed by atoms with Crippen molar-refractivity contribution in [3.63, 3.8) is 0 Å². The van der Waals surface area contributed by atoms with Gasteiger partial charge in [0.1, 0.15) is 0 Å². The van der Waals surface area contributed by atoms with E-state index in [-0.39, 0.29) is 18.4 Å². The van der Waals surface area contributed by atoms with E-state index in [1.54, 1.807) is 0 Å². The number of hydrogen-bond acceptors (Lipinski definition) is 2. The zero-order valence-corrected chi connectivity index (χ0v) is 11.5. The van der Waals surface area contributed by atoms with E-state index in [2.05, 4.69) is 43.0 Å². The van der Waals surface area contributed by atoms with Gasteiger partial charge in [-0.15, -0.1) is 12.4 Å². The first-order valence-corrected chi connectivity index (χ1v) is 6.36. The van der Waals surface area contributed by atoms with Crippen LogP contribution in [-0.4, -0.2) is 13.1 Å². The molecule has 0 unspecified atom stereocenters. The second-order valence-electron chi connectivity index (χ2n) is 4.63. The molecule has 2 N–H and O–H groups in total. The molecule has 0 heterocycles. The molecule has 96 valence electrons. The maximum atomic E-state index is 6.18. The fraction of sp³-hybridized carbons (Fsp3) is 0.571. The van der Waals surface area contributed by atoms with Gasteiger partial charge in [-0.05, 0) is 50.3 Å². The van der Waals surface area contributed by atoms with Gasteiger partial charge in [0.2, 0.25) is 0 Å². The Morgan fingerprint density at radius 3 is 2.12 bits per heavy atom. The van der Waals surface area contributed by atoms with Crippen molar-refractivity contribution in [1.29, 1.82) is 0 Å². The lowest BCUT2D eigenvalue weighted by molar-refractivity contribution is 0.633. The van der Waals surface area contributed by atoms with Crippen LogP contribution in [0.2, 0.25) is 0 Å². The van der Waals surface area contributed by atoms with Crippen LogP contribution in [0.4, 0.5) is 5.69 Å². The third-order valence-electron chi connectivity index (χ3n) is 3.54. The zero-order chi connectivity index (χ0) is 11.5. The summed E-state index contributed by atoms with van der Waals surface area (Å²) in [5, 5.41) is 0. The predicted octanol–water partition coefficient (Wildman–Crippen LogP) is 3.36. The van der Waals surface area contributed by atoms with Crippen LogP contribution in [0.5, 0.6) is 0 Å². The highest BCUT2D eigenvalue weighted by Gasteiger charge is 2.29. The lowest BCUT2D eigenvalue weighted by Crippen LogP contribution is -2.21. The summed E-state index contributed by atoms with van der Waals surface area (Å²) in [6, 6.07) is 9.04. The van der Waals surface area contributed by atoms with Crippen molar-refractivity contribution in [1.82, 2.24) is 0 Å². The van der Waals surface area contributed by atoms with Gasteiger partial charge in [-0.2, -0.15) is 0 Å². The van der Waals surface area contributed by atoms with Crippen molar-refractivity contribution in [2.24, 2.45) is 11.7 Å². The number of nitrogens with zero attached hydrogens (tertiary/aromatic N) is 1. The van der Waals surface area contributed by atoms with Crippen LogP contribution in [0.3, 0.4) is 0 Å². The average Bonchev–Trinajstić information content (AvgIpc) is 3.15. The van der Waals surface area contributed by atoms with E-state index in [4.69, 9.17) is 5.73 Å². The minimum Gasteiger partial charge on any atom is -0.372 e. The molecule has 1 saturated carbocycles. The molecular weight excluding hydrogens is 232 g/mol. The Morgan fingerprint density at radius 1 is 1.18 bits per heavy atom. The Labute approximate surface area is 111 Å². The summed E-state index contributed by atoms with van der Waals surface area (Å²) in [5.74, 6) is 0.735. The molecular formula is C14H23ClN2. The van der Waals surface area contributed by atoms with Crippen LogP contribution in [0.15, 0.2) is 24.3 Å². The molecule has 0 bridgehead atoms. The van der Waals surface area contributed by atoms with Crippen molar-refractivity contribution < 1.29 is 0 Å². The molecule has 0 radical (unpaired) electrons. The van der Waals surface area contributed by atoms with E-state index >= 15 is 0 Å². The number of benzene rings is 1. The van der Waals surface area contributed by atoms with Crippen LogP contribution in [0.25, 0.3) is 0 Å². The van der Waals surface area contributed by atoms with Crippen molar-refractivity contribution in [3.05, 3.63) is 29.8 Å². The van der Waals surface area contributed by atoms with E-state index in [1.165, 1.54) is 24.1 Å². The number of anilines is 1. The van der Waals surface area contributed by atoms with Gasteiger partial charge in [0.25, 0.3) is 0 Å². The molecule has 1 atom stereocenters. The standard InChI is InChI=1S/C14H22N2.ClH/c1-3-16(4-2)13-9-7-12(8-10-13)14(15)11-5-6-11;/h7-11,14H,3-6,15H2,1-2H3;1H/t14-;/m1./s1. The number of hydrogen-bond donors (Lipinski definition) is 1. The highest BCUT2D eigenvalue weighted by atomic mass is 35.5. The van der Waals surface area contributed by atoms with Crippen molar-refractivity contribution in [2.45, 2.75) is 32.7 Å². The molecule has 3 heteroatoms. The smallest absolute Gasteiger partial charge is 0.0366 e. The normalized spacial score (nSPS) is 16.2. The van der Waals surface area contributed by atoms with Gasteiger partial charge in [-0.25, -0.2) is 0 Å². The second kappa shape index (κ2) is 6.27. The van der Waals surface area contributed by atoms with E-state index in [0.29, 0.717) is 0 Å². The summed E-state index contributed by atoms with van der Waals surface area (Å²) < 4.78 is 0. The van der Waals surface area contributed by atoms with Crippen LogP contribution in [0.1, 0.15) is 38.3 Å². The summed E-state index contributed by atoms with van der Waals surface area (Å²) in [4.78, 5) is 2.35. The molecule has 1 aliphatic rings. The molecule has 2 nitrogen and oxygen atoms in total. The predicted molar refractivity (Wildman–Crippen MR) is 76.9 cm³/mol. The van der Waals surface area contributed by atoms with Gasteiger partial charge in [0, 0.05) is 24.8 Å². The maximum absolute atomic E-state index is 6.18. The molecule has 1 aromatic carbocycles. The van der Waals surface area contributed by atoms with Crippen molar-refractivity contribution in [2.75, 3.05) is 18.0 Å². The largest absolute Gasteiger partial charge is 0.372 e. The Morgan fingerprint density at radius 2 is 1.71 bits per heavy atom. The van der Waals surface area contributed by atoms with Gasteiger partial charge < -0.3 is 10.6 Å². The molecule has 2 rings (SSSR count). The number of nitrogens with two attached hydrogens (primary N) is 1. The molecule has 0 saturated heterocycles. The molecule has 0 aromatic heterocycles. The van der Waals surface area contributed by atoms with Crippen LogP contribution < -0.4 is 10.6 Å². The summed E-state index contributed by atoms with van der Waals surface area (Å²) in [5.41, 5.74) is 8.77. The number of rotatable bonds is 5. The fourth-order valence-electron chi connectivity index (χ4n) is 2.22. The SMILES string of the molecule is CCN(CC)c1ccc([C@H](N)C2CC2)cc1.Cl. The first-order chi connectivity index (χ1) is 7.76. The summed E-state index contributed by atoms with van der Waals surface area (Å²) in [6.07, 6.45) is 2.61. The quantitative estimate of drug-likeness (QED) is 0.873. The summed E-state index contributed by atoms with van der Waals surface area (Å²) in [6.45, 7) is 6.50. The van der Waals surface area contributed by atoms with Crippen LogP contribution >= 0.6 is 12.4 Å². The lowest BCUT2D eigenvalue weighted by atomic mass is 10.0. The van der Waals surface area contributed by atoms with Gasteiger partial charge in [-0.1, -0.05) is 12.1 Å². The molecule has 1 aromatic rings. The van der Waals surface area contributed by atoms with Crippen LogP contribution in [-0.2, 0) is 0 Å². The summed E-state index contributed by atoms with van der Waals surface area (Å²) in [7, 11) is 0. The Balaban J connectivity index is 0.00000144. The monoisotopic (exact) mass is 254 g/mol. The first kappa shape index (κ1) is 14.3. The van der Waals surface area contributed by atoms with E-state index < -0.39 is 0 Å². The van der Waals surface area contributed by atoms with Crippen molar-refractivity contribution in [3.8, 4) is 0 Å². The Hall–Kier alpha value is -0.730. The Kier molecular flexibility index (Phi) is 5.29. The topological polar surface area (TPSA) is 29.3 Å². The van der Waals surface area contributed by atoms with Crippen LogP contribution in [0, 0.1) is 5.92 Å². The molecule has 0 spiro atoms. The second-order valence-corrected chi connectivity index (χ2v) is 4.63. The molecule has 1 aliphatic carbocycles. The fourth-order valence-corrected chi connectivity index (χ4v) is 2.22. The molecule has 0 amide bonds. The minimum atomic E-state index is 0. The average molecular weight is 255 g/mol. The Bertz CT molecular complexity index is 308. The van der Waals surface area contributed by atoms with E-state index in [0.717, 1.165) is 19.0 Å². The van der Waals surface area contributed by atoms with Gasteiger partial charge in [0.05, 0.1) is 0 Å². The maximum Gasteiger partial charge on any atom is 0.0366 e. The zero-order valence-electron chi connectivity index (χ0n) is 10.7. The van der Waals surface area contributed by atoms with E-state index in [1.807, 2.05) is 0 Å². The van der Waals surface area contributed by atoms with E-state index in [9.17, 15) is 0 Å². The van der Waals surface area contributed by atoms with Gasteiger partial charge in [0.15, 0.2) is 0 Å². The lowest BCUT2D eigenvalue weighted by Gasteiger charge is -2.21. The highest BCUT2D eigenvalue weighted by Crippen LogP contribution is 2.39. The summed E-state index contributed by atoms with van der Waals surface area (Å²) >= 11 is 0. The third kappa shape index (κ3) is 3.36. The molecule has 1 fully saturated rings. The van der Waals surface area contributed by atoms with Crippen molar-refractivity contribution >= 4 is 18.1 Å². The third-order valence-corrected chi connectivity index (χ3v) is 3.54. The minimum absolute atomic E-state index is 0. The van der Waals surface area contributed by atoms with Gasteiger partial charge in [-0.3, -0.25) is 0 Å².